The highest BCUT2D eigenvalue weighted by molar-refractivity contribution is 7.93. The van der Waals surface area contributed by atoms with Crippen molar-refractivity contribution in [1.29, 1.82) is 0 Å². The molecule has 0 fully saturated rings. The van der Waals surface area contributed by atoms with Crippen molar-refractivity contribution in [2.75, 3.05) is 18.3 Å². The Morgan fingerprint density at radius 2 is 1.63 bits per heavy atom. The quantitative estimate of drug-likeness (QED) is 0.641. The van der Waals surface area contributed by atoms with Gasteiger partial charge in [0.1, 0.15) is 5.69 Å². The van der Waals surface area contributed by atoms with E-state index in [0.717, 1.165) is 0 Å². The summed E-state index contributed by atoms with van der Waals surface area (Å²) in [7, 11) is -2.70. The lowest BCUT2D eigenvalue weighted by molar-refractivity contribution is 0.459. The first-order valence-corrected chi connectivity index (χ1v) is 6.74. The lowest BCUT2D eigenvalue weighted by Gasteiger charge is -2.15. The molecular weight excluding hydrogens is 288 g/mol. The van der Waals surface area contributed by atoms with Crippen LogP contribution >= 0.6 is 0 Å². The molecule has 0 saturated carbocycles. The van der Waals surface area contributed by atoms with Crippen molar-refractivity contribution >= 4 is 15.7 Å². The van der Waals surface area contributed by atoms with Crippen molar-refractivity contribution in [1.82, 2.24) is 5.32 Å². The number of hydrogen-bond donors (Lipinski definition) is 2. The summed E-state index contributed by atoms with van der Waals surface area (Å²) in [5.41, 5.74) is -1.36. The highest BCUT2D eigenvalue weighted by Gasteiger charge is 2.26. The summed E-state index contributed by atoms with van der Waals surface area (Å²) in [6.45, 7) is 1.26. The van der Waals surface area contributed by atoms with E-state index in [1.54, 1.807) is 0 Å². The molecule has 0 bridgehead atoms. The van der Waals surface area contributed by atoms with E-state index in [9.17, 15) is 26.0 Å². The standard InChI is InChI=1S/C10H12F4N2O2S/c1-5(4-15-2)19(17,18)16-10-8(13)6(11)3-7(12)9(10)14/h3,5,15-16H,4H2,1-2H3. The molecule has 1 atom stereocenters. The average Bonchev–Trinajstić information content (AvgIpc) is 2.32. The van der Waals surface area contributed by atoms with Crippen LogP contribution in [-0.2, 0) is 10.0 Å². The summed E-state index contributed by atoms with van der Waals surface area (Å²) in [5.74, 6) is -6.95. The number of nitrogens with one attached hydrogen (secondary N) is 2. The molecule has 0 saturated heterocycles. The fourth-order valence-electron chi connectivity index (χ4n) is 1.30. The van der Waals surface area contributed by atoms with Gasteiger partial charge in [0.15, 0.2) is 23.3 Å². The summed E-state index contributed by atoms with van der Waals surface area (Å²) in [5, 5.41) is 1.50. The number of sulfonamides is 1. The van der Waals surface area contributed by atoms with Crippen LogP contribution in [0.3, 0.4) is 0 Å². The van der Waals surface area contributed by atoms with Gasteiger partial charge in [0.2, 0.25) is 10.0 Å². The molecule has 0 heterocycles. The highest BCUT2D eigenvalue weighted by Crippen LogP contribution is 2.25. The maximum atomic E-state index is 13.3. The maximum Gasteiger partial charge on any atom is 0.236 e. The monoisotopic (exact) mass is 300 g/mol. The van der Waals surface area contributed by atoms with Gasteiger partial charge >= 0.3 is 0 Å². The summed E-state index contributed by atoms with van der Waals surface area (Å²) in [6, 6.07) is -0.000503. The summed E-state index contributed by atoms with van der Waals surface area (Å²) in [4.78, 5) is 0. The first-order chi connectivity index (χ1) is 8.70. The zero-order valence-electron chi connectivity index (χ0n) is 10.1. The largest absolute Gasteiger partial charge is 0.318 e. The topological polar surface area (TPSA) is 58.2 Å². The Balaban J connectivity index is 3.20. The first kappa shape index (κ1) is 15.7. The van der Waals surface area contributed by atoms with E-state index in [1.807, 2.05) is 0 Å². The van der Waals surface area contributed by atoms with Crippen LogP contribution in [-0.4, -0.2) is 27.3 Å². The molecule has 108 valence electrons. The van der Waals surface area contributed by atoms with Crippen LogP contribution in [0.1, 0.15) is 6.92 Å². The van der Waals surface area contributed by atoms with Gasteiger partial charge < -0.3 is 5.32 Å². The number of benzene rings is 1. The Morgan fingerprint density at radius 3 is 2.05 bits per heavy atom. The second kappa shape index (κ2) is 5.74. The van der Waals surface area contributed by atoms with Crippen molar-refractivity contribution in [3.63, 3.8) is 0 Å². The van der Waals surface area contributed by atoms with E-state index in [1.165, 1.54) is 18.7 Å². The minimum atomic E-state index is -4.18. The molecule has 1 aromatic carbocycles. The molecule has 1 rings (SSSR count). The van der Waals surface area contributed by atoms with Gasteiger partial charge in [0.25, 0.3) is 0 Å². The van der Waals surface area contributed by atoms with Crippen molar-refractivity contribution in [3.8, 4) is 0 Å². The van der Waals surface area contributed by atoms with Crippen molar-refractivity contribution in [2.45, 2.75) is 12.2 Å². The summed E-state index contributed by atoms with van der Waals surface area (Å²) in [6.07, 6.45) is 0. The molecule has 1 aromatic rings. The predicted octanol–water partition coefficient (Wildman–Crippen LogP) is 1.59. The Morgan fingerprint density at radius 1 is 1.16 bits per heavy atom. The van der Waals surface area contributed by atoms with Crippen molar-refractivity contribution in [3.05, 3.63) is 29.3 Å². The molecule has 1 unspecified atom stereocenters. The van der Waals surface area contributed by atoms with Crippen LogP contribution in [0.4, 0.5) is 23.2 Å². The van der Waals surface area contributed by atoms with E-state index in [4.69, 9.17) is 0 Å². The zero-order chi connectivity index (χ0) is 14.8. The smallest absolute Gasteiger partial charge is 0.236 e. The molecule has 0 aliphatic rings. The minimum Gasteiger partial charge on any atom is -0.318 e. The van der Waals surface area contributed by atoms with Crippen molar-refractivity contribution < 1.29 is 26.0 Å². The number of hydrogen-bond acceptors (Lipinski definition) is 3. The molecule has 0 spiro atoms. The molecule has 9 heteroatoms. The normalized spacial score (nSPS) is 13.4. The number of rotatable bonds is 5. The third-order valence-electron chi connectivity index (χ3n) is 2.38. The van der Waals surface area contributed by atoms with Gasteiger partial charge in [-0.2, -0.15) is 0 Å². The molecule has 0 aliphatic heterocycles. The maximum absolute atomic E-state index is 13.3. The second-order valence-corrected chi connectivity index (χ2v) is 5.96. The van der Waals surface area contributed by atoms with Gasteiger partial charge in [-0.1, -0.05) is 0 Å². The minimum absolute atomic E-state index is 0.000503. The molecule has 2 N–H and O–H groups in total. The van der Waals surface area contributed by atoms with Crippen LogP contribution in [0.25, 0.3) is 0 Å². The SMILES string of the molecule is CNCC(C)S(=O)(=O)Nc1c(F)c(F)cc(F)c1F. The summed E-state index contributed by atoms with van der Waals surface area (Å²) >= 11 is 0. The average molecular weight is 300 g/mol. The van der Waals surface area contributed by atoms with Gasteiger partial charge in [0, 0.05) is 12.6 Å². The lowest BCUT2D eigenvalue weighted by atomic mass is 10.3. The van der Waals surface area contributed by atoms with Crippen LogP contribution < -0.4 is 10.0 Å². The lowest BCUT2D eigenvalue weighted by Crippen LogP contribution is -2.34. The van der Waals surface area contributed by atoms with Crippen LogP contribution in [0.5, 0.6) is 0 Å². The van der Waals surface area contributed by atoms with E-state index in [-0.39, 0.29) is 12.6 Å². The van der Waals surface area contributed by atoms with E-state index in [0.29, 0.717) is 0 Å². The third-order valence-corrected chi connectivity index (χ3v) is 4.09. The summed E-state index contributed by atoms with van der Waals surface area (Å²) < 4.78 is 77.3. The Hall–Kier alpha value is -1.35. The van der Waals surface area contributed by atoms with Crippen LogP contribution in [0.2, 0.25) is 0 Å². The van der Waals surface area contributed by atoms with Gasteiger partial charge in [-0.3, -0.25) is 4.72 Å². The van der Waals surface area contributed by atoms with Crippen molar-refractivity contribution in [2.24, 2.45) is 0 Å². The zero-order valence-corrected chi connectivity index (χ0v) is 10.9. The van der Waals surface area contributed by atoms with E-state index < -0.39 is 44.2 Å². The molecular formula is C10H12F4N2O2S. The predicted molar refractivity (Wildman–Crippen MR) is 62.2 cm³/mol. The molecule has 4 nitrogen and oxygen atoms in total. The molecule has 0 amide bonds. The van der Waals surface area contributed by atoms with E-state index in [2.05, 4.69) is 5.32 Å². The van der Waals surface area contributed by atoms with Gasteiger partial charge in [0.05, 0.1) is 5.25 Å². The second-order valence-electron chi connectivity index (χ2n) is 3.86. The Labute approximate surface area is 107 Å². The number of halogens is 4. The van der Waals surface area contributed by atoms with Gasteiger partial charge in [-0.05, 0) is 14.0 Å². The van der Waals surface area contributed by atoms with E-state index >= 15 is 0 Å². The van der Waals surface area contributed by atoms with Gasteiger partial charge in [-0.25, -0.2) is 26.0 Å². The Kier molecular flexibility index (Phi) is 4.75. The fraction of sp³-hybridized carbons (Fsp3) is 0.400. The van der Waals surface area contributed by atoms with Crippen LogP contribution in [0, 0.1) is 23.3 Å². The fourth-order valence-corrected chi connectivity index (χ4v) is 2.35. The van der Waals surface area contributed by atoms with Gasteiger partial charge in [-0.15, -0.1) is 0 Å². The molecule has 19 heavy (non-hydrogen) atoms. The molecule has 0 aromatic heterocycles. The third kappa shape index (κ3) is 3.35. The number of anilines is 1. The first-order valence-electron chi connectivity index (χ1n) is 5.20. The van der Waals surface area contributed by atoms with Crippen LogP contribution in [0.15, 0.2) is 6.07 Å². The highest BCUT2D eigenvalue weighted by atomic mass is 32.2. The Bertz CT molecular complexity index is 551. The molecule has 0 aliphatic carbocycles. The molecule has 0 radical (unpaired) electrons.